The Morgan fingerprint density at radius 3 is 2.70 bits per heavy atom. The third-order valence-electron chi connectivity index (χ3n) is 5.83. The molecule has 0 spiro atoms. The lowest BCUT2D eigenvalue weighted by atomic mass is 9.95. The van der Waals surface area contributed by atoms with Gasteiger partial charge in [0.05, 0.1) is 17.1 Å². The maximum absolute atomic E-state index is 11.8. The van der Waals surface area contributed by atoms with Crippen molar-refractivity contribution in [2.75, 3.05) is 13.1 Å². The molecule has 0 bridgehead atoms. The third-order valence-corrected chi connectivity index (χ3v) is 5.83. The summed E-state index contributed by atoms with van der Waals surface area (Å²) in [5.74, 6) is 0.127. The summed E-state index contributed by atoms with van der Waals surface area (Å²) in [5, 5.41) is 23.0. The van der Waals surface area contributed by atoms with Gasteiger partial charge in [-0.05, 0) is 58.3 Å². The van der Waals surface area contributed by atoms with Gasteiger partial charge in [-0.15, -0.1) is 0 Å². The van der Waals surface area contributed by atoms with Crippen molar-refractivity contribution < 1.29 is 9.90 Å². The van der Waals surface area contributed by atoms with Crippen LogP contribution in [0.4, 0.5) is 0 Å². The number of rotatable bonds is 3. The lowest BCUT2D eigenvalue weighted by Crippen LogP contribution is -2.49. The standard InChI is InChI=1S/C25H19N3O2/c1-2-24(30)27-14-20(15-27)28-8-7-17-9-18(10-19(13-26)25(17)28)23-12-21(29)11-16-5-3-4-6-22(16)23/h2-12,20,29H,1,14-15H2. The van der Waals surface area contributed by atoms with Crippen molar-refractivity contribution in [2.24, 2.45) is 0 Å². The van der Waals surface area contributed by atoms with Crippen molar-refractivity contribution in [1.29, 1.82) is 5.26 Å². The molecule has 5 rings (SSSR count). The van der Waals surface area contributed by atoms with Gasteiger partial charge in [0, 0.05) is 24.7 Å². The number of aromatic nitrogens is 1. The zero-order valence-electron chi connectivity index (χ0n) is 16.2. The molecule has 0 unspecified atom stereocenters. The summed E-state index contributed by atoms with van der Waals surface area (Å²) in [5.41, 5.74) is 3.24. The smallest absolute Gasteiger partial charge is 0.246 e. The average molecular weight is 393 g/mol. The molecule has 1 aromatic heterocycles. The number of carbonyl (C=O) groups is 1. The first kappa shape index (κ1) is 18.0. The number of hydrogen-bond acceptors (Lipinski definition) is 3. The van der Waals surface area contributed by atoms with E-state index in [0.717, 1.165) is 32.8 Å². The highest BCUT2D eigenvalue weighted by molar-refractivity contribution is 6.01. The molecule has 1 N–H and O–H groups in total. The molecule has 4 aromatic rings. The first-order valence-corrected chi connectivity index (χ1v) is 9.77. The minimum atomic E-state index is -0.0683. The maximum atomic E-state index is 11.8. The predicted octanol–water partition coefficient (Wildman–Crippen LogP) is 4.61. The molecule has 0 atom stereocenters. The van der Waals surface area contributed by atoms with Gasteiger partial charge in [0.25, 0.3) is 0 Å². The molecular formula is C25H19N3O2. The van der Waals surface area contributed by atoms with Crippen molar-refractivity contribution in [3.63, 3.8) is 0 Å². The Morgan fingerprint density at radius 1 is 1.13 bits per heavy atom. The summed E-state index contributed by atoms with van der Waals surface area (Å²) in [6.45, 7) is 4.76. The topological polar surface area (TPSA) is 69.3 Å². The van der Waals surface area contributed by atoms with Gasteiger partial charge in [-0.2, -0.15) is 5.26 Å². The van der Waals surface area contributed by atoms with E-state index in [0.29, 0.717) is 18.7 Å². The zero-order chi connectivity index (χ0) is 20.8. The molecule has 0 aliphatic carbocycles. The molecule has 0 saturated carbocycles. The lowest BCUT2D eigenvalue weighted by Gasteiger charge is -2.40. The van der Waals surface area contributed by atoms with Crippen LogP contribution in [0.3, 0.4) is 0 Å². The van der Waals surface area contributed by atoms with Crippen LogP contribution in [0.2, 0.25) is 0 Å². The van der Waals surface area contributed by atoms with Crippen LogP contribution < -0.4 is 0 Å². The Morgan fingerprint density at radius 2 is 1.93 bits per heavy atom. The van der Waals surface area contributed by atoms with E-state index in [-0.39, 0.29) is 17.7 Å². The molecule has 5 heteroatoms. The Bertz CT molecular complexity index is 1370. The van der Waals surface area contributed by atoms with Crippen LogP contribution in [0.25, 0.3) is 32.8 Å². The van der Waals surface area contributed by atoms with Crippen LogP contribution in [-0.2, 0) is 4.79 Å². The van der Waals surface area contributed by atoms with Crippen molar-refractivity contribution >= 4 is 27.6 Å². The van der Waals surface area contributed by atoms with E-state index in [2.05, 4.69) is 23.3 Å². The van der Waals surface area contributed by atoms with E-state index in [1.165, 1.54) is 6.08 Å². The first-order chi connectivity index (χ1) is 14.6. The van der Waals surface area contributed by atoms with Crippen LogP contribution in [0.1, 0.15) is 11.6 Å². The molecule has 1 aliphatic heterocycles. The summed E-state index contributed by atoms with van der Waals surface area (Å²) < 4.78 is 2.09. The van der Waals surface area contributed by atoms with Gasteiger partial charge in [0.2, 0.25) is 5.91 Å². The predicted molar refractivity (Wildman–Crippen MR) is 117 cm³/mol. The Labute approximate surface area is 173 Å². The second-order valence-electron chi connectivity index (χ2n) is 7.61. The molecule has 3 aromatic carbocycles. The number of hydrogen-bond donors (Lipinski definition) is 1. The van der Waals surface area contributed by atoms with Gasteiger partial charge < -0.3 is 14.6 Å². The molecule has 5 nitrogen and oxygen atoms in total. The van der Waals surface area contributed by atoms with Crippen molar-refractivity contribution in [3.05, 3.63) is 79.0 Å². The summed E-state index contributed by atoms with van der Waals surface area (Å²) in [6.07, 6.45) is 3.31. The molecule has 1 fully saturated rings. The highest BCUT2D eigenvalue weighted by atomic mass is 16.3. The number of likely N-dealkylation sites (tertiary alicyclic amines) is 1. The van der Waals surface area contributed by atoms with Gasteiger partial charge >= 0.3 is 0 Å². The average Bonchev–Trinajstić information content (AvgIpc) is 3.14. The largest absolute Gasteiger partial charge is 0.508 e. The number of phenols is 1. The zero-order valence-corrected chi connectivity index (χ0v) is 16.2. The van der Waals surface area contributed by atoms with E-state index in [4.69, 9.17) is 0 Å². The summed E-state index contributed by atoms with van der Waals surface area (Å²) in [4.78, 5) is 13.5. The SMILES string of the molecule is C=CC(=O)N1CC(n2ccc3cc(-c4cc(O)cc5ccccc45)cc(C#N)c32)C1. The number of fused-ring (bicyclic) bond motifs is 2. The summed E-state index contributed by atoms with van der Waals surface area (Å²) >= 11 is 0. The minimum absolute atomic E-state index is 0.0683. The fourth-order valence-electron chi connectivity index (χ4n) is 4.33. The number of phenolic OH excluding ortho intramolecular Hbond substituents is 1. The monoisotopic (exact) mass is 393 g/mol. The lowest BCUT2D eigenvalue weighted by molar-refractivity contribution is -0.131. The molecule has 146 valence electrons. The fourth-order valence-corrected chi connectivity index (χ4v) is 4.33. The Hall–Kier alpha value is -4.04. The van der Waals surface area contributed by atoms with Gasteiger partial charge in [0.15, 0.2) is 0 Å². The quantitative estimate of drug-likeness (QED) is 0.517. The fraction of sp³-hybridized carbons (Fsp3) is 0.120. The number of carbonyl (C=O) groups excluding carboxylic acids is 1. The van der Waals surface area contributed by atoms with Crippen LogP contribution >= 0.6 is 0 Å². The van der Waals surface area contributed by atoms with Crippen molar-refractivity contribution in [1.82, 2.24) is 9.47 Å². The summed E-state index contributed by atoms with van der Waals surface area (Å²) in [7, 11) is 0. The molecule has 2 heterocycles. The van der Waals surface area contributed by atoms with Crippen LogP contribution in [0.15, 0.2) is 73.4 Å². The first-order valence-electron chi connectivity index (χ1n) is 9.77. The van der Waals surface area contributed by atoms with E-state index in [9.17, 15) is 15.2 Å². The molecular weight excluding hydrogens is 374 g/mol. The minimum Gasteiger partial charge on any atom is -0.508 e. The summed E-state index contributed by atoms with van der Waals surface area (Å²) in [6, 6.07) is 19.8. The number of nitriles is 1. The van der Waals surface area contributed by atoms with E-state index in [1.807, 2.05) is 42.6 Å². The third kappa shape index (κ3) is 2.73. The van der Waals surface area contributed by atoms with Crippen LogP contribution in [0.5, 0.6) is 5.75 Å². The normalized spacial score (nSPS) is 13.9. The van der Waals surface area contributed by atoms with E-state index >= 15 is 0 Å². The maximum Gasteiger partial charge on any atom is 0.246 e. The van der Waals surface area contributed by atoms with Gasteiger partial charge in [-0.1, -0.05) is 30.8 Å². The van der Waals surface area contributed by atoms with Gasteiger partial charge in [-0.3, -0.25) is 4.79 Å². The highest BCUT2D eigenvalue weighted by Crippen LogP contribution is 2.37. The Balaban J connectivity index is 1.62. The van der Waals surface area contributed by atoms with E-state index < -0.39 is 0 Å². The van der Waals surface area contributed by atoms with Gasteiger partial charge in [-0.25, -0.2) is 0 Å². The van der Waals surface area contributed by atoms with E-state index in [1.54, 1.807) is 17.0 Å². The van der Waals surface area contributed by atoms with Crippen molar-refractivity contribution in [3.8, 4) is 22.9 Å². The van der Waals surface area contributed by atoms with Crippen LogP contribution in [0, 0.1) is 11.3 Å². The highest BCUT2D eigenvalue weighted by Gasteiger charge is 2.31. The molecule has 0 radical (unpaired) electrons. The number of amides is 1. The number of nitrogens with zero attached hydrogens (tertiary/aromatic N) is 3. The van der Waals surface area contributed by atoms with Gasteiger partial charge in [0.1, 0.15) is 11.8 Å². The molecule has 1 amide bonds. The molecule has 1 aliphatic rings. The van der Waals surface area contributed by atoms with Crippen LogP contribution in [-0.4, -0.2) is 33.6 Å². The number of benzene rings is 3. The molecule has 30 heavy (non-hydrogen) atoms. The second-order valence-corrected chi connectivity index (χ2v) is 7.61. The second kappa shape index (κ2) is 6.78. The Kier molecular flexibility index (Phi) is 4.07. The number of aromatic hydroxyl groups is 1. The van der Waals surface area contributed by atoms with Crippen molar-refractivity contribution in [2.45, 2.75) is 6.04 Å². The molecule has 1 saturated heterocycles.